The third kappa shape index (κ3) is 1.52. The molecule has 3 aromatic rings. The summed E-state index contributed by atoms with van der Waals surface area (Å²) >= 11 is 0. The monoisotopic (exact) mass is 214 g/mol. The maximum atomic E-state index is 5.30. The van der Waals surface area contributed by atoms with Crippen molar-refractivity contribution >= 4 is 22.5 Å². The van der Waals surface area contributed by atoms with Gasteiger partial charge in [0.15, 0.2) is 0 Å². The Morgan fingerprint density at radius 1 is 1.38 bits per heavy atom. The second-order valence-corrected chi connectivity index (χ2v) is 3.56. The lowest BCUT2D eigenvalue weighted by molar-refractivity contribution is 0.616. The largest absolute Gasteiger partial charge is 0.464 e. The molecule has 16 heavy (non-hydrogen) atoms. The molecule has 0 radical (unpaired) electrons. The minimum absolute atomic E-state index is 0.746. The number of aryl methyl sites for hydroxylation is 1. The van der Waals surface area contributed by atoms with E-state index in [4.69, 9.17) is 4.42 Å². The zero-order chi connectivity index (χ0) is 11.0. The summed E-state index contributed by atoms with van der Waals surface area (Å²) in [4.78, 5) is 4.28. The van der Waals surface area contributed by atoms with Crippen LogP contribution in [0.15, 0.2) is 41.4 Å². The second-order valence-electron chi connectivity index (χ2n) is 3.56. The summed E-state index contributed by atoms with van der Waals surface area (Å²) in [5.74, 6) is 0.746. The average molecular weight is 214 g/mol. The molecule has 0 atom stereocenters. The number of anilines is 2. The number of nitrogens with zero attached hydrogens (tertiary/aromatic N) is 3. The van der Waals surface area contributed by atoms with Gasteiger partial charge in [0, 0.05) is 30.9 Å². The lowest BCUT2D eigenvalue weighted by Gasteiger charge is -2.00. The molecule has 3 heterocycles. The van der Waals surface area contributed by atoms with Gasteiger partial charge < -0.3 is 9.73 Å². The molecule has 3 aromatic heterocycles. The van der Waals surface area contributed by atoms with Crippen LogP contribution in [0.25, 0.3) is 11.0 Å². The Morgan fingerprint density at radius 3 is 3.12 bits per heavy atom. The minimum atomic E-state index is 0.746. The van der Waals surface area contributed by atoms with Gasteiger partial charge in [0.25, 0.3) is 0 Å². The van der Waals surface area contributed by atoms with Gasteiger partial charge in [-0.25, -0.2) is 4.98 Å². The molecule has 0 aliphatic carbocycles. The lowest BCUT2D eigenvalue weighted by Crippen LogP contribution is -1.91. The summed E-state index contributed by atoms with van der Waals surface area (Å²) in [6.45, 7) is 0. The van der Waals surface area contributed by atoms with Crippen molar-refractivity contribution in [2.24, 2.45) is 7.05 Å². The molecular weight excluding hydrogens is 204 g/mol. The number of nitrogens with one attached hydrogen (secondary N) is 1. The van der Waals surface area contributed by atoms with Crippen molar-refractivity contribution in [2.75, 3.05) is 5.32 Å². The first-order valence-corrected chi connectivity index (χ1v) is 4.90. The molecule has 0 unspecified atom stereocenters. The molecule has 0 aromatic carbocycles. The fourth-order valence-corrected chi connectivity index (χ4v) is 1.56. The van der Waals surface area contributed by atoms with E-state index in [0.29, 0.717) is 0 Å². The van der Waals surface area contributed by atoms with Gasteiger partial charge in [-0.05, 0) is 6.07 Å². The number of furan rings is 1. The fraction of sp³-hybridized carbons (Fsp3) is 0.0909. The number of pyridine rings is 1. The Bertz CT molecular complexity index is 625. The molecule has 0 saturated heterocycles. The van der Waals surface area contributed by atoms with E-state index >= 15 is 0 Å². The van der Waals surface area contributed by atoms with Crippen molar-refractivity contribution in [1.29, 1.82) is 0 Å². The molecule has 0 aliphatic rings. The van der Waals surface area contributed by atoms with Gasteiger partial charge in [0.2, 0.25) is 0 Å². The first-order valence-electron chi connectivity index (χ1n) is 4.90. The van der Waals surface area contributed by atoms with Crippen molar-refractivity contribution in [1.82, 2.24) is 14.8 Å². The SMILES string of the molecule is Cn1cc(Nc2cc3occc3cn2)cn1. The summed E-state index contributed by atoms with van der Waals surface area (Å²) in [5, 5.41) is 8.22. The van der Waals surface area contributed by atoms with Crippen LogP contribution in [-0.4, -0.2) is 14.8 Å². The topological polar surface area (TPSA) is 55.9 Å². The van der Waals surface area contributed by atoms with Crippen LogP contribution in [0.1, 0.15) is 0 Å². The quantitative estimate of drug-likeness (QED) is 0.711. The van der Waals surface area contributed by atoms with E-state index in [1.807, 2.05) is 25.4 Å². The third-order valence-electron chi connectivity index (χ3n) is 2.31. The van der Waals surface area contributed by atoms with Gasteiger partial charge >= 0.3 is 0 Å². The van der Waals surface area contributed by atoms with E-state index in [-0.39, 0.29) is 0 Å². The molecule has 0 spiro atoms. The van der Waals surface area contributed by atoms with Crippen LogP contribution in [0.4, 0.5) is 11.5 Å². The number of aromatic nitrogens is 3. The van der Waals surface area contributed by atoms with Crippen LogP contribution in [0.5, 0.6) is 0 Å². The predicted molar refractivity (Wildman–Crippen MR) is 60.5 cm³/mol. The van der Waals surface area contributed by atoms with Crippen molar-refractivity contribution in [3.63, 3.8) is 0 Å². The molecule has 0 saturated carbocycles. The van der Waals surface area contributed by atoms with Gasteiger partial charge in [-0.2, -0.15) is 5.10 Å². The maximum absolute atomic E-state index is 5.30. The molecule has 0 aliphatic heterocycles. The number of fused-ring (bicyclic) bond motifs is 1. The summed E-state index contributed by atoms with van der Waals surface area (Å²) in [6, 6.07) is 3.75. The predicted octanol–water partition coefficient (Wildman–Crippen LogP) is 2.30. The minimum Gasteiger partial charge on any atom is -0.464 e. The molecule has 5 heteroatoms. The average Bonchev–Trinajstić information content (AvgIpc) is 2.87. The molecule has 0 amide bonds. The van der Waals surface area contributed by atoms with Gasteiger partial charge in [-0.1, -0.05) is 0 Å². The lowest BCUT2D eigenvalue weighted by atomic mass is 10.3. The van der Waals surface area contributed by atoms with Crippen LogP contribution in [-0.2, 0) is 7.05 Å². The standard InChI is InChI=1S/C11H10N4O/c1-15-7-9(6-13-15)14-11-4-10-8(5-12-11)2-3-16-10/h2-7H,1H3,(H,12,14). The fourth-order valence-electron chi connectivity index (χ4n) is 1.56. The van der Waals surface area contributed by atoms with Gasteiger partial charge in [-0.3, -0.25) is 4.68 Å². The zero-order valence-corrected chi connectivity index (χ0v) is 8.71. The highest BCUT2D eigenvalue weighted by atomic mass is 16.3. The van der Waals surface area contributed by atoms with Crippen molar-refractivity contribution in [2.45, 2.75) is 0 Å². The molecule has 3 rings (SSSR count). The van der Waals surface area contributed by atoms with E-state index in [9.17, 15) is 0 Å². The smallest absolute Gasteiger partial charge is 0.139 e. The van der Waals surface area contributed by atoms with E-state index in [1.165, 1.54) is 0 Å². The van der Waals surface area contributed by atoms with E-state index < -0.39 is 0 Å². The third-order valence-corrected chi connectivity index (χ3v) is 2.31. The van der Waals surface area contributed by atoms with Crippen LogP contribution in [0.3, 0.4) is 0 Å². The highest BCUT2D eigenvalue weighted by Crippen LogP contribution is 2.19. The van der Waals surface area contributed by atoms with Crippen molar-refractivity contribution in [3.8, 4) is 0 Å². The Labute approximate surface area is 91.7 Å². The van der Waals surface area contributed by atoms with Gasteiger partial charge in [0.05, 0.1) is 18.1 Å². The van der Waals surface area contributed by atoms with Crippen LogP contribution < -0.4 is 5.32 Å². The van der Waals surface area contributed by atoms with Crippen LogP contribution in [0.2, 0.25) is 0 Å². The second kappa shape index (κ2) is 3.37. The molecule has 80 valence electrons. The molecular formula is C11H10N4O. The first-order chi connectivity index (χ1) is 7.81. The summed E-state index contributed by atoms with van der Waals surface area (Å²) < 4.78 is 7.03. The van der Waals surface area contributed by atoms with Crippen LogP contribution >= 0.6 is 0 Å². The van der Waals surface area contributed by atoms with Crippen LogP contribution in [0, 0.1) is 0 Å². The highest BCUT2D eigenvalue weighted by molar-refractivity contribution is 5.79. The molecule has 0 fully saturated rings. The normalized spacial score (nSPS) is 10.8. The van der Waals surface area contributed by atoms with Gasteiger partial charge in [0.1, 0.15) is 11.4 Å². The van der Waals surface area contributed by atoms with E-state index in [2.05, 4.69) is 15.4 Å². The number of hydrogen-bond donors (Lipinski definition) is 1. The van der Waals surface area contributed by atoms with Crippen molar-refractivity contribution in [3.05, 3.63) is 37.0 Å². The first kappa shape index (κ1) is 8.96. The number of rotatable bonds is 2. The van der Waals surface area contributed by atoms with Gasteiger partial charge in [-0.15, -0.1) is 0 Å². The Balaban J connectivity index is 1.94. The summed E-state index contributed by atoms with van der Waals surface area (Å²) in [5.41, 5.74) is 1.72. The highest BCUT2D eigenvalue weighted by Gasteiger charge is 2.01. The maximum Gasteiger partial charge on any atom is 0.139 e. The number of hydrogen-bond acceptors (Lipinski definition) is 4. The summed E-state index contributed by atoms with van der Waals surface area (Å²) in [6.07, 6.45) is 7.06. The molecule has 1 N–H and O–H groups in total. The Morgan fingerprint density at radius 2 is 2.31 bits per heavy atom. The van der Waals surface area contributed by atoms with E-state index in [0.717, 1.165) is 22.5 Å². The van der Waals surface area contributed by atoms with Crippen molar-refractivity contribution < 1.29 is 4.42 Å². The Hall–Kier alpha value is -2.30. The summed E-state index contributed by atoms with van der Waals surface area (Å²) in [7, 11) is 1.87. The molecule has 5 nitrogen and oxygen atoms in total. The zero-order valence-electron chi connectivity index (χ0n) is 8.71. The van der Waals surface area contributed by atoms with E-state index in [1.54, 1.807) is 23.3 Å². The Kier molecular flexibility index (Phi) is 1.89. The molecule has 0 bridgehead atoms.